The van der Waals surface area contributed by atoms with Crippen LogP contribution >= 0.6 is 11.6 Å². The van der Waals surface area contributed by atoms with E-state index < -0.39 is 0 Å². The zero-order valence-electron chi connectivity index (χ0n) is 9.75. The first-order valence-electron chi connectivity index (χ1n) is 5.40. The predicted molar refractivity (Wildman–Crippen MR) is 64.0 cm³/mol. The summed E-state index contributed by atoms with van der Waals surface area (Å²) in [5.74, 6) is 0.685. The minimum absolute atomic E-state index is 0.371. The van der Waals surface area contributed by atoms with Gasteiger partial charge in [0.15, 0.2) is 11.0 Å². The molecule has 0 amide bonds. The Morgan fingerprint density at radius 2 is 1.88 bits per heavy atom. The quantitative estimate of drug-likeness (QED) is 0.883. The lowest BCUT2D eigenvalue weighted by molar-refractivity contribution is 0.0328. The van der Waals surface area contributed by atoms with Gasteiger partial charge in [0.25, 0.3) is 0 Å². The van der Waals surface area contributed by atoms with Crippen LogP contribution in [0.25, 0.3) is 0 Å². The van der Waals surface area contributed by atoms with E-state index in [1.54, 1.807) is 7.11 Å². The molecule has 2 rings (SSSR count). The van der Waals surface area contributed by atoms with Crippen LogP contribution in [0.4, 0.5) is 5.82 Å². The van der Waals surface area contributed by atoms with E-state index in [2.05, 4.69) is 15.3 Å². The molecule has 0 radical (unpaired) electrons. The van der Waals surface area contributed by atoms with Gasteiger partial charge in [0.2, 0.25) is 0 Å². The van der Waals surface area contributed by atoms with Crippen LogP contribution in [0.2, 0.25) is 5.15 Å². The van der Waals surface area contributed by atoms with Crippen LogP contribution in [0.15, 0.2) is 0 Å². The smallest absolute Gasteiger partial charge is 0.171 e. The van der Waals surface area contributed by atoms with E-state index in [0.717, 1.165) is 24.2 Å². The fraction of sp³-hybridized carbons (Fsp3) is 0.636. The van der Waals surface area contributed by atoms with Gasteiger partial charge in [-0.3, -0.25) is 0 Å². The molecule has 0 saturated heterocycles. The first-order chi connectivity index (χ1) is 7.60. The molecule has 88 valence electrons. The second-order valence-corrected chi connectivity index (χ2v) is 4.56. The van der Waals surface area contributed by atoms with E-state index in [1.165, 1.54) is 0 Å². The van der Waals surface area contributed by atoms with E-state index in [-0.39, 0.29) is 0 Å². The van der Waals surface area contributed by atoms with Gasteiger partial charge in [0, 0.05) is 13.2 Å². The zero-order chi connectivity index (χ0) is 11.7. The van der Waals surface area contributed by atoms with E-state index >= 15 is 0 Å². The van der Waals surface area contributed by atoms with Crippen LogP contribution in [0, 0.1) is 13.8 Å². The summed E-state index contributed by atoms with van der Waals surface area (Å²) in [5, 5.41) is 3.74. The van der Waals surface area contributed by atoms with E-state index in [1.807, 2.05) is 13.8 Å². The summed E-state index contributed by atoms with van der Waals surface area (Å²) in [6.07, 6.45) is 2.37. The summed E-state index contributed by atoms with van der Waals surface area (Å²) in [7, 11) is 1.74. The summed E-state index contributed by atoms with van der Waals surface area (Å²) in [5.41, 5.74) is 1.79. The summed E-state index contributed by atoms with van der Waals surface area (Å²) in [6, 6.07) is 0.402. The number of aromatic nitrogens is 2. The number of nitrogens with one attached hydrogen (secondary N) is 1. The van der Waals surface area contributed by atoms with Gasteiger partial charge in [-0.2, -0.15) is 0 Å². The number of ether oxygens (including phenoxy) is 1. The summed E-state index contributed by atoms with van der Waals surface area (Å²) in [4.78, 5) is 8.63. The highest BCUT2D eigenvalue weighted by Gasteiger charge is 2.29. The maximum Gasteiger partial charge on any atom is 0.171 e. The Hall–Kier alpha value is -0.870. The number of halogens is 1. The third kappa shape index (κ3) is 2.28. The molecule has 0 atom stereocenters. The van der Waals surface area contributed by atoms with Crippen molar-refractivity contribution in [1.82, 2.24) is 9.97 Å². The molecular weight excluding hydrogens is 226 g/mol. The Bertz CT molecular complexity index is 391. The van der Waals surface area contributed by atoms with E-state index in [4.69, 9.17) is 16.3 Å². The molecule has 5 heteroatoms. The first-order valence-corrected chi connectivity index (χ1v) is 5.78. The molecule has 1 fully saturated rings. The van der Waals surface area contributed by atoms with Crippen molar-refractivity contribution in [2.45, 2.75) is 38.8 Å². The molecule has 0 aliphatic heterocycles. The van der Waals surface area contributed by atoms with Crippen molar-refractivity contribution in [3.05, 3.63) is 16.5 Å². The molecule has 0 unspecified atom stereocenters. The lowest BCUT2D eigenvalue weighted by Gasteiger charge is -2.35. The Kier molecular flexibility index (Phi) is 3.30. The average Bonchev–Trinajstić information content (AvgIpc) is 2.18. The molecule has 0 aromatic carbocycles. The second-order valence-electron chi connectivity index (χ2n) is 4.20. The third-order valence-corrected chi connectivity index (χ3v) is 3.30. The molecule has 0 spiro atoms. The molecule has 4 nitrogen and oxygen atoms in total. The van der Waals surface area contributed by atoms with Gasteiger partial charge in [-0.25, -0.2) is 9.97 Å². The van der Waals surface area contributed by atoms with Crippen molar-refractivity contribution < 1.29 is 4.74 Å². The highest BCUT2D eigenvalue weighted by Crippen LogP contribution is 2.28. The molecule has 1 N–H and O–H groups in total. The molecule has 0 bridgehead atoms. The van der Waals surface area contributed by atoms with Crippen molar-refractivity contribution in [3.63, 3.8) is 0 Å². The van der Waals surface area contributed by atoms with Gasteiger partial charge >= 0.3 is 0 Å². The lowest BCUT2D eigenvalue weighted by atomic mass is 9.89. The van der Waals surface area contributed by atoms with Crippen molar-refractivity contribution in [2.24, 2.45) is 0 Å². The molecule has 1 aromatic heterocycles. The maximum absolute atomic E-state index is 6.03. The summed E-state index contributed by atoms with van der Waals surface area (Å²) in [6.45, 7) is 3.84. The highest BCUT2D eigenvalue weighted by atomic mass is 35.5. The zero-order valence-corrected chi connectivity index (χ0v) is 10.5. The molecule has 1 aromatic rings. The molecule has 1 heterocycles. The topological polar surface area (TPSA) is 47.0 Å². The minimum Gasteiger partial charge on any atom is -0.381 e. The number of methoxy groups -OCH3 is 1. The van der Waals surface area contributed by atoms with E-state index in [0.29, 0.717) is 23.1 Å². The SMILES string of the molecule is COC1CC(Nc2nc(C)c(C)nc2Cl)C1. The summed E-state index contributed by atoms with van der Waals surface area (Å²) >= 11 is 6.03. The van der Waals surface area contributed by atoms with Crippen LogP contribution in [0.3, 0.4) is 0 Å². The van der Waals surface area contributed by atoms with Crippen molar-refractivity contribution in [2.75, 3.05) is 12.4 Å². The number of hydrogen-bond acceptors (Lipinski definition) is 4. The number of aryl methyl sites for hydroxylation is 2. The molecule has 1 saturated carbocycles. The number of anilines is 1. The molecular formula is C11H16ClN3O. The third-order valence-electron chi connectivity index (χ3n) is 3.03. The second kappa shape index (κ2) is 4.55. The monoisotopic (exact) mass is 241 g/mol. The van der Waals surface area contributed by atoms with Crippen molar-refractivity contribution in [3.8, 4) is 0 Å². The van der Waals surface area contributed by atoms with Crippen LogP contribution in [0.5, 0.6) is 0 Å². The molecule has 16 heavy (non-hydrogen) atoms. The van der Waals surface area contributed by atoms with Crippen LogP contribution < -0.4 is 5.32 Å². The van der Waals surface area contributed by atoms with E-state index in [9.17, 15) is 0 Å². The van der Waals surface area contributed by atoms with Gasteiger partial charge in [0.05, 0.1) is 17.5 Å². The van der Waals surface area contributed by atoms with Crippen LogP contribution in [-0.2, 0) is 4.74 Å². The Morgan fingerprint density at radius 1 is 1.25 bits per heavy atom. The maximum atomic E-state index is 6.03. The lowest BCUT2D eigenvalue weighted by Crippen LogP contribution is -2.40. The largest absolute Gasteiger partial charge is 0.381 e. The molecule has 1 aliphatic carbocycles. The average molecular weight is 242 g/mol. The van der Waals surface area contributed by atoms with Gasteiger partial charge < -0.3 is 10.1 Å². The van der Waals surface area contributed by atoms with Gasteiger partial charge in [-0.1, -0.05) is 11.6 Å². The number of hydrogen-bond donors (Lipinski definition) is 1. The number of nitrogens with zero attached hydrogens (tertiary/aromatic N) is 2. The van der Waals surface area contributed by atoms with Crippen molar-refractivity contribution >= 4 is 17.4 Å². The highest BCUT2D eigenvalue weighted by molar-refractivity contribution is 6.31. The van der Waals surface area contributed by atoms with Gasteiger partial charge in [0.1, 0.15) is 0 Å². The predicted octanol–water partition coefficient (Wildman–Crippen LogP) is 2.34. The fourth-order valence-corrected chi connectivity index (χ4v) is 1.96. The van der Waals surface area contributed by atoms with Crippen molar-refractivity contribution in [1.29, 1.82) is 0 Å². The number of rotatable bonds is 3. The Morgan fingerprint density at radius 3 is 2.50 bits per heavy atom. The molecule has 1 aliphatic rings. The summed E-state index contributed by atoms with van der Waals surface area (Å²) < 4.78 is 5.22. The minimum atomic E-state index is 0.371. The van der Waals surface area contributed by atoms with Gasteiger partial charge in [-0.15, -0.1) is 0 Å². The Balaban J connectivity index is 2.02. The first kappa shape index (κ1) is 11.6. The fourth-order valence-electron chi connectivity index (χ4n) is 1.74. The Labute approximate surface area is 100 Å². The van der Waals surface area contributed by atoms with Crippen LogP contribution in [-0.4, -0.2) is 29.2 Å². The standard InChI is InChI=1S/C11H16ClN3O/c1-6-7(2)14-11(10(12)13-6)15-8-4-9(5-8)16-3/h8-9H,4-5H2,1-3H3,(H,14,15). The van der Waals surface area contributed by atoms with Crippen LogP contribution in [0.1, 0.15) is 24.2 Å². The van der Waals surface area contributed by atoms with Gasteiger partial charge in [-0.05, 0) is 26.7 Å². The normalized spacial score (nSPS) is 24.0.